The van der Waals surface area contributed by atoms with Gasteiger partial charge in [0.1, 0.15) is 12.1 Å². The summed E-state index contributed by atoms with van der Waals surface area (Å²) in [6.45, 7) is 9.26. The summed E-state index contributed by atoms with van der Waals surface area (Å²) in [5.74, 6) is -1.00. The summed E-state index contributed by atoms with van der Waals surface area (Å²) in [7, 11) is 0. The maximum Gasteiger partial charge on any atom is 0.246 e. The Morgan fingerprint density at radius 1 is 1.24 bits per heavy atom. The number of aromatic nitrogens is 1. The van der Waals surface area contributed by atoms with Gasteiger partial charge in [-0.15, -0.1) is 11.3 Å². The van der Waals surface area contributed by atoms with Crippen LogP contribution in [0.25, 0.3) is 10.4 Å². The van der Waals surface area contributed by atoms with Gasteiger partial charge < -0.3 is 20.6 Å². The Kier molecular flexibility index (Phi) is 7.54. The number of aliphatic hydroxyl groups excluding tert-OH is 1. The summed E-state index contributed by atoms with van der Waals surface area (Å²) in [6, 6.07) is 6.32. The van der Waals surface area contributed by atoms with E-state index >= 15 is 0 Å². The van der Waals surface area contributed by atoms with Gasteiger partial charge in [-0.3, -0.25) is 14.4 Å². The first-order valence-electron chi connectivity index (χ1n) is 11.0. The van der Waals surface area contributed by atoms with Crippen molar-refractivity contribution in [1.82, 2.24) is 20.5 Å². The monoisotopic (exact) mass is 472 g/mol. The number of aryl methyl sites for hydroxylation is 1. The number of β-amino-alcohol motifs (C(OH)–C–C–N with tert-alkyl or cyclic N) is 1. The first-order chi connectivity index (χ1) is 15.5. The predicted molar refractivity (Wildman–Crippen MR) is 127 cm³/mol. The fourth-order valence-electron chi connectivity index (χ4n) is 3.98. The van der Waals surface area contributed by atoms with Crippen LogP contribution in [0.5, 0.6) is 0 Å². The Labute approximate surface area is 198 Å². The Hall–Kier alpha value is -2.78. The van der Waals surface area contributed by atoms with Crippen molar-refractivity contribution >= 4 is 29.1 Å². The molecule has 0 aliphatic carbocycles. The third-order valence-corrected chi connectivity index (χ3v) is 6.73. The molecule has 1 aliphatic heterocycles. The second-order valence-corrected chi connectivity index (χ2v) is 10.4. The molecule has 3 atom stereocenters. The standard InChI is InChI=1S/C24H32N4O4S/c1-14-20(33-13-26-14)17-8-6-16(7-9-17)11-25-22(31)19-10-18(30)12-28(19)23(32)21(24(3,4)5)27-15(2)29/h6-9,13,18-19,21,30H,10-12H2,1-5H3,(H,25,31)(H,27,29)/t18-,19+,21-/m1/s1. The van der Waals surface area contributed by atoms with Crippen molar-refractivity contribution < 1.29 is 19.5 Å². The van der Waals surface area contributed by atoms with Gasteiger partial charge >= 0.3 is 0 Å². The molecular weight excluding hydrogens is 440 g/mol. The summed E-state index contributed by atoms with van der Waals surface area (Å²) < 4.78 is 0. The molecule has 3 rings (SSSR count). The van der Waals surface area contributed by atoms with Crippen LogP contribution in [0.15, 0.2) is 29.8 Å². The van der Waals surface area contributed by atoms with Crippen molar-refractivity contribution in [3.8, 4) is 10.4 Å². The van der Waals surface area contributed by atoms with E-state index in [1.165, 1.54) is 11.8 Å². The molecule has 0 radical (unpaired) electrons. The van der Waals surface area contributed by atoms with Crippen LogP contribution in [-0.4, -0.2) is 57.4 Å². The molecule has 3 amide bonds. The molecule has 1 aromatic carbocycles. The average molecular weight is 473 g/mol. The first kappa shape index (κ1) is 24.9. The molecule has 9 heteroatoms. The van der Waals surface area contributed by atoms with Gasteiger partial charge in [0.25, 0.3) is 0 Å². The molecule has 1 fully saturated rings. The third kappa shape index (κ3) is 5.97. The van der Waals surface area contributed by atoms with Gasteiger partial charge in [0.2, 0.25) is 17.7 Å². The highest BCUT2D eigenvalue weighted by atomic mass is 32.1. The minimum atomic E-state index is -0.793. The predicted octanol–water partition coefficient (Wildman–Crippen LogP) is 2.25. The number of amides is 3. The molecule has 0 bridgehead atoms. The maximum absolute atomic E-state index is 13.3. The fourth-order valence-corrected chi connectivity index (χ4v) is 4.80. The molecule has 2 aromatic rings. The molecule has 1 aromatic heterocycles. The number of nitrogens with one attached hydrogen (secondary N) is 2. The Bertz CT molecular complexity index is 1010. The minimum Gasteiger partial charge on any atom is -0.391 e. The summed E-state index contributed by atoms with van der Waals surface area (Å²) in [5.41, 5.74) is 4.26. The largest absolute Gasteiger partial charge is 0.391 e. The third-order valence-electron chi connectivity index (χ3n) is 5.75. The van der Waals surface area contributed by atoms with Gasteiger partial charge in [0, 0.05) is 26.4 Å². The van der Waals surface area contributed by atoms with E-state index in [1.54, 1.807) is 11.3 Å². The number of likely N-dealkylation sites (tertiary alicyclic amines) is 1. The van der Waals surface area contributed by atoms with E-state index < -0.39 is 23.6 Å². The van der Waals surface area contributed by atoms with Gasteiger partial charge in [-0.25, -0.2) is 4.98 Å². The zero-order valence-corrected chi connectivity index (χ0v) is 20.5. The lowest BCUT2D eigenvalue weighted by molar-refractivity contribution is -0.143. The zero-order valence-electron chi connectivity index (χ0n) is 19.7. The van der Waals surface area contributed by atoms with Crippen molar-refractivity contribution in [2.75, 3.05) is 6.54 Å². The van der Waals surface area contributed by atoms with E-state index in [0.717, 1.165) is 21.7 Å². The van der Waals surface area contributed by atoms with Crippen molar-refractivity contribution in [3.05, 3.63) is 41.0 Å². The number of nitrogens with zero attached hydrogens (tertiary/aromatic N) is 2. The van der Waals surface area contributed by atoms with Crippen molar-refractivity contribution in [2.45, 2.75) is 65.8 Å². The van der Waals surface area contributed by atoms with Crippen molar-refractivity contribution in [2.24, 2.45) is 5.41 Å². The lowest BCUT2D eigenvalue weighted by Gasteiger charge is -2.35. The number of rotatable bonds is 6. The van der Waals surface area contributed by atoms with E-state index in [9.17, 15) is 19.5 Å². The molecule has 1 saturated heterocycles. The van der Waals surface area contributed by atoms with Crippen LogP contribution in [-0.2, 0) is 20.9 Å². The molecule has 33 heavy (non-hydrogen) atoms. The number of hydrogen-bond acceptors (Lipinski definition) is 6. The van der Waals surface area contributed by atoms with E-state index in [0.29, 0.717) is 6.54 Å². The summed E-state index contributed by atoms with van der Waals surface area (Å²) in [5, 5.41) is 15.8. The molecule has 3 N–H and O–H groups in total. The average Bonchev–Trinajstić information content (AvgIpc) is 3.35. The smallest absolute Gasteiger partial charge is 0.246 e. The molecule has 178 valence electrons. The van der Waals surface area contributed by atoms with Gasteiger partial charge in [0.15, 0.2) is 0 Å². The summed E-state index contributed by atoms with van der Waals surface area (Å²) >= 11 is 1.59. The fraction of sp³-hybridized carbons (Fsp3) is 0.500. The lowest BCUT2D eigenvalue weighted by atomic mass is 9.85. The van der Waals surface area contributed by atoms with Crippen LogP contribution in [0.1, 0.15) is 45.4 Å². The van der Waals surface area contributed by atoms with Gasteiger partial charge in [-0.2, -0.15) is 0 Å². The van der Waals surface area contributed by atoms with Crippen molar-refractivity contribution in [3.63, 3.8) is 0 Å². The molecule has 0 spiro atoms. The number of carbonyl (C=O) groups excluding carboxylic acids is 3. The second-order valence-electron chi connectivity index (χ2n) is 9.58. The number of benzene rings is 1. The maximum atomic E-state index is 13.3. The number of carbonyl (C=O) groups is 3. The topological polar surface area (TPSA) is 112 Å². The quantitative estimate of drug-likeness (QED) is 0.597. The molecule has 8 nitrogen and oxygen atoms in total. The van der Waals surface area contributed by atoms with Crippen LogP contribution in [0.2, 0.25) is 0 Å². The SMILES string of the molecule is CC(=O)N[C@H](C(=O)N1C[C@H](O)C[C@H]1C(=O)NCc1ccc(-c2scnc2C)cc1)C(C)(C)C. The normalized spacial score (nSPS) is 19.3. The highest BCUT2D eigenvalue weighted by Gasteiger charge is 2.44. The van der Waals surface area contributed by atoms with Gasteiger partial charge in [0.05, 0.1) is 22.2 Å². The van der Waals surface area contributed by atoms with E-state index in [4.69, 9.17) is 0 Å². The van der Waals surface area contributed by atoms with Crippen molar-refractivity contribution in [1.29, 1.82) is 0 Å². The molecule has 0 saturated carbocycles. The lowest BCUT2D eigenvalue weighted by Crippen LogP contribution is -2.57. The van der Waals surface area contributed by atoms with Crippen LogP contribution in [0, 0.1) is 12.3 Å². The zero-order chi connectivity index (χ0) is 24.3. The molecule has 1 aliphatic rings. The number of hydrogen-bond donors (Lipinski definition) is 3. The Balaban J connectivity index is 1.67. The van der Waals surface area contributed by atoms with E-state index in [2.05, 4.69) is 15.6 Å². The van der Waals surface area contributed by atoms with E-state index in [-0.39, 0.29) is 30.7 Å². The summed E-state index contributed by atoms with van der Waals surface area (Å²) in [6.07, 6.45) is -0.623. The van der Waals surface area contributed by atoms with Crippen LogP contribution >= 0.6 is 11.3 Å². The Morgan fingerprint density at radius 2 is 1.91 bits per heavy atom. The first-order valence-corrected chi connectivity index (χ1v) is 11.9. The minimum absolute atomic E-state index is 0.0615. The van der Waals surface area contributed by atoms with Gasteiger partial charge in [-0.1, -0.05) is 45.0 Å². The number of aliphatic hydroxyl groups is 1. The molecule has 0 unspecified atom stereocenters. The van der Waals surface area contributed by atoms with E-state index in [1.807, 2.05) is 57.5 Å². The van der Waals surface area contributed by atoms with Crippen LogP contribution in [0.3, 0.4) is 0 Å². The second kappa shape index (κ2) is 10.0. The molecule has 2 heterocycles. The highest BCUT2D eigenvalue weighted by Crippen LogP contribution is 2.28. The highest BCUT2D eigenvalue weighted by molar-refractivity contribution is 7.13. The van der Waals surface area contributed by atoms with Gasteiger partial charge in [-0.05, 0) is 23.5 Å². The van der Waals surface area contributed by atoms with Crippen LogP contribution in [0.4, 0.5) is 0 Å². The Morgan fingerprint density at radius 3 is 2.45 bits per heavy atom. The summed E-state index contributed by atoms with van der Waals surface area (Å²) in [4.78, 5) is 44.7. The molecular formula is C24H32N4O4S. The van der Waals surface area contributed by atoms with Crippen LogP contribution < -0.4 is 10.6 Å². The number of thiazole rings is 1.